The van der Waals surface area contributed by atoms with E-state index < -0.39 is 4.87 Å². The Kier molecular flexibility index (Phi) is 5.67. The molecule has 0 saturated carbocycles. The summed E-state index contributed by atoms with van der Waals surface area (Å²) in [4.78, 5) is 38.3. The molecule has 2 aromatic carbocycles. The molecule has 3 amide bonds. The van der Waals surface area contributed by atoms with Crippen molar-refractivity contribution in [1.29, 1.82) is 0 Å². The summed E-state index contributed by atoms with van der Waals surface area (Å²) in [5, 5.41) is 5.74. The molecule has 0 unspecified atom stereocenters. The summed E-state index contributed by atoms with van der Waals surface area (Å²) in [6.45, 7) is 3.11. The summed E-state index contributed by atoms with van der Waals surface area (Å²) in [5.74, 6) is 1.13. The highest BCUT2D eigenvalue weighted by atomic mass is 32.2. The van der Waals surface area contributed by atoms with Crippen LogP contribution < -0.4 is 15.4 Å². The Morgan fingerprint density at radius 2 is 1.73 bits per heavy atom. The lowest BCUT2D eigenvalue weighted by molar-refractivity contribution is -0.133. The standard InChI is InChI=1S/C22H23N3O4S/c1-2-29-18-9-7-16(8-10-18)23-20(27)15-3-5-17(6-4-15)24-21(28)22-12-11-19(26)25(22)13-14-30-22/h3-10H,2,11-14H2,1H3,(H,23,27)(H,24,28)/t22-/m1/s1. The van der Waals surface area contributed by atoms with Gasteiger partial charge in [-0.05, 0) is 61.9 Å². The molecule has 2 aliphatic heterocycles. The molecule has 7 nitrogen and oxygen atoms in total. The van der Waals surface area contributed by atoms with Gasteiger partial charge in [0.25, 0.3) is 11.8 Å². The number of hydrogen-bond acceptors (Lipinski definition) is 5. The smallest absolute Gasteiger partial charge is 0.260 e. The van der Waals surface area contributed by atoms with E-state index in [-0.39, 0.29) is 17.7 Å². The maximum Gasteiger partial charge on any atom is 0.260 e. The van der Waals surface area contributed by atoms with Gasteiger partial charge in [-0.1, -0.05) is 0 Å². The number of hydrogen-bond donors (Lipinski definition) is 2. The van der Waals surface area contributed by atoms with E-state index in [0.717, 1.165) is 11.5 Å². The molecule has 0 aromatic heterocycles. The molecule has 30 heavy (non-hydrogen) atoms. The first-order chi connectivity index (χ1) is 14.5. The van der Waals surface area contributed by atoms with Crippen molar-refractivity contribution in [3.8, 4) is 5.75 Å². The Morgan fingerprint density at radius 1 is 1.07 bits per heavy atom. The van der Waals surface area contributed by atoms with E-state index in [9.17, 15) is 14.4 Å². The highest BCUT2D eigenvalue weighted by molar-refractivity contribution is 8.01. The number of amides is 3. The molecule has 2 aromatic rings. The first-order valence-corrected chi connectivity index (χ1v) is 10.9. The van der Waals surface area contributed by atoms with Crippen LogP contribution >= 0.6 is 11.8 Å². The van der Waals surface area contributed by atoms with Crippen molar-refractivity contribution < 1.29 is 19.1 Å². The largest absolute Gasteiger partial charge is 0.494 e. The van der Waals surface area contributed by atoms with Crippen LogP contribution in [-0.4, -0.2) is 46.4 Å². The van der Waals surface area contributed by atoms with Gasteiger partial charge in [0.1, 0.15) is 5.75 Å². The highest BCUT2D eigenvalue weighted by Crippen LogP contribution is 2.45. The zero-order chi connectivity index (χ0) is 21.1. The molecule has 2 aliphatic rings. The van der Waals surface area contributed by atoms with Gasteiger partial charge in [-0.3, -0.25) is 14.4 Å². The van der Waals surface area contributed by atoms with Crippen molar-refractivity contribution in [3.05, 3.63) is 54.1 Å². The Bertz CT molecular complexity index is 961. The van der Waals surface area contributed by atoms with Gasteiger partial charge in [-0.2, -0.15) is 0 Å². The van der Waals surface area contributed by atoms with E-state index in [4.69, 9.17) is 4.74 Å². The van der Waals surface area contributed by atoms with E-state index in [1.54, 1.807) is 53.4 Å². The van der Waals surface area contributed by atoms with Gasteiger partial charge in [-0.25, -0.2) is 0 Å². The van der Waals surface area contributed by atoms with Crippen LogP contribution in [0.5, 0.6) is 5.75 Å². The van der Waals surface area contributed by atoms with E-state index >= 15 is 0 Å². The van der Waals surface area contributed by atoms with E-state index in [1.165, 1.54) is 11.8 Å². The number of nitrogens with one attached hydrogen (secondary N) is 2. The van der Waals surface area contributed by atoms with Crippen LogP contribution in [0.25, 0.3) is 0 Å². The van der Waals surface area contributed by atoms with Crippen molar-refractivity contribution in [2.24, 2.45) is 0 Å². The highest BCUT2D eigenvalue weighted by Gasteiger charge is 2.54. The van der Waals surface area contributed by atoms with Crippen LogP contribution in [0.4, 0.5) is 11.4 Å². The molecule has 0 radical (unpaired) electrons. The van der Waals surface area contributed by atoms with Crippen LogP contribution in [-0.2, 0) is 9.59 Å². The summed E-state index contributed by atoms with van der Waals surface area (Å²) in [6.07, 6.45) is 0.940. The minimum Gasteiger partial charge on any atom is -0.494 e. The van der Waals surface area contributed by atoms with Crippen LogP contribution in [0.2, 0.25) is 0 Å². The number of anilines is 2. The van der Waals surface area contributed by atoms with Crippen molar-refractivity contribution >= 4 is 40.9 Å². The fourth-order valence-corrected chi connectivity index (χ4v) is 5.14. The molecule has 1 atom stereocenters. The molecule has 8 heteroatoms. The first-order valence-electron chi connectivity index (χ1n) is 9.92. The maximum absolute atomic E-state index is 12.9. The Balaban J connectivity index is 1.38. The number of fused-ring (bicyclic) bond motifs is 1. The van der Waals surface area contributed by atoms with Crippen molar-refractivity contribution in [1.82, 2.24) is 4.90 Å². The van der Waals surface area contributed by atoms with Crippen molar-refractivity contribution in [2.45, 2.75) is 24.6 Å². The molecule has 156 valence electrons. The number of nitrogens with zero attached hydrogens (tertiary/aromatic N) is 1. The van der Waals surface area contributed by atoms with Gasteiger partial charge in [0, 0.05) is 35.7 Å². The van der Waals surface area contributed by atoms with Gasteiger partial charge in [0.15, 0.2) is 4.87 Å². The zero-order valence-electron chi connectivity index (χ0n) is 16.6. The molecule has 2 saturated heterocycles. The van der Waals surface area contributed by atoms with Gasteiger partial charge in [0.2, 0.25) is 5.91 Å². The normalized spacial score (nSPS) is 20.0. The van der Waals surface area contributed by atoms with Crippen molar-refractivity contribution in [2.75, 3.05) is 29.5 Å². The minimum atomic E-state index is -0.791. The van der Waals surface area contributed by atoms with Crippen molar-refractivity contribution in [3.63, 3.8) is 0 Å². The molecule has 2 fully saturated rings. The van der Waals surface area contributed by atoms with Gasteiger partial charge in [0.05, 0.1) is 6.61 Å². The Labute approximate surface area is 179 Å². The quantitative estimate of drug-likeness (QED) is 0.741. The lowest BCUT2D eigenvalue weighted by Gasteiger charge is -2.29. The summed E-state index contributed by atoms with van der Waals surface area (Å²) in [7, 11) is 0. The second-order valence-corrected chi connectivity index (χ2v) is 8.49. The third kappa shape index (κ3) is 3.87. The molecular weight excluding hydrogens is 402 g/mol. The molecular formula is C22H23N3O4S. The Hall–Kier alpha value is -3.00. The third-order valence-electron chi connectivity index (χ3n) is 5.25. The number of carbonyl (C=O) groups is 3. The monoisotopic (exact) mass is 425 g/mol. The molecule has 4 rings (SSSR count). The number of ether oxygens (including phenoxy) is 1. The maximum atomic E-state index is 12.9. The lowest BCUT2D eigenvalue weighted by atomic mass is 10.1. The Morgan fingerprint density at radius 3 is 2.43 bits per heavy atom. The van der Waals surface area contributed by atoms with E-state index in [2.05, 4.69) is 10.6 Å². The fraction of sp³-hybridized carbons (Fsp3) is 0.318. The number of thioether (sulfide) groups is 1. The van der Waals surface area contributed by atoms with Gasteiger partial charge >= 0.3 is 0 Å². The topological polar surface area (TPSA) is 87.7 Å². The molecule has 2 N–H and O–H groups in total. The molecule has 2 heterocycles. The molecule has 0 bridgehead atoms. The predicted molar refractivity (Wildman–Crippen MR) is 117 cm³/mol. The second kappa shape index (κ2) is 8.39. The molecule has 0 aliphatic carbocycles. The van der Waals surface area contributed by atoms with Crippen LogP contribution in [0, 0.1) is 0 Å². The van der Waals surface area contributed by atoms with Crippen LogP contribution in [0.1, 0.15) is 30.1 Å². The third-order valence-corrected chi connectivity index (χ3v) is 6.73. The number of benzene rings is 2. The average Bonchev–Trinajstić information content (AvgIpc) is 3.32. The number of carbonyl (C=O) groups excluding carboxylic acids is 3. The van der Waals surface area contributed by atoms with Crippen LogP contribution in [0.15, 0.2) is 48.5 Å². The molecule has 0 spiro atoms. The summed E-state index contributed by atoms with van der Waals surface area (Å²) < 4.78 is 5.39. The van der Waals surface area contributed by atoms with Gasteiger partial charge in [-0.15, -0.1) is 11.8 Å². The summed E-state index contributed by atoms with van der Waals surface area (Å²) in [6, 6.07) is 13.9. The lowest BCUT2D eigenvalue weighted by Crippen LogP contribution is -2.48. The number of rotatable bonds is 6. The second-order valence-electron chi connectivity index (χ2n) is 7.12. The summed E-state index contributed by atoms with van der Waals surface area (Å²) in [5.41, 5.74) is 1.75. The fourth-order valence-electron chi connectivity index (χ4n) is 3.75. The van der Waals surface area contributed by atoms with E-state index in [1.807, 2.05) is 6.92 Å². The van der Waals surface area contributed by atoms with E-state index in [0.29, 0.717) is 42.9 Å². The SMILES string of the molecule is CCOc1ccc(NC(=O)c2ccc(NC(=O)[C@]34CCC(=O)N3CCS4)cc2)cc1. The van der Waals surface area contributed by atoms with Gasteiger partial charge < -0.3 is 20.3 Å². The minimum absolute atomic E-state index is 0.0384. The predicted octanol–water partition coefficient (Wildman–Crippen LogP) is 3.34. The first kappa shape index (κ1) is 20.3. The van der Waals surface area contributed by atoms with Crippen LogP contribution in [0.3, 0.4) is 0 Å². The average molecular weight is 426 g/mol. The summed E-state index contributed by atoms with van der Waals surface area (Å²) >= 11 is 1.52. The zero-order valence-corrected chi connectivity index (χ0v) is 17.5.